The van der Waals surface area contributed by atoms with Crippen LogP contribution in [0.4, 0.5) is 0 Å². The van der Waals surface area contributed by atoms with E-state index in [2.05, 4.69) is 43.4 Å². The molecule has 0 aliphatic heterocycles. The lowest BCUT2D eigenvalue weighted by molar-refractivity contribution is 0.0790. The van der Waals surface area contributed by atoms with Gasteiger partial charge in [-0.05, 0) is 30.2 Å². The van der Waals surface area contributed by atoms with E-state index in [1.807, 2.05) is 11.8 Å². The number of hydrogen-bond donors (Lipinski definition) is 1. The quantitative estimate of drug-likeness (QED) is 0.502. The molecule has 1 N–H and O–H groups in total. The van der Waals surface area contributed by atoms with Crippen LogP contribution >= 0.6 is 11.8 Å². The first-order valence-electron chi connectivity index (χ1n) is 7.21. The van der Waals surface area contributed by atoms with E-state index in [1.165, 1.54) is 10.5 Å². The van der Waals surface area contributed by atoms with E-state index < -0.39 is 0 Å². The van der Waals surface area contributed by atoms with E-state index in [0.717, 1.165) is 25.4 Å². The van der Waals surface area contributed by atoms with Gasteiger partial charge in [0.2, 0.25) is 0 Å². The van der Waals surface area contributed by atoms with Crippen LogP contribution in [0.5, 0.6) is 0 Å². The standard InChI is InChI=1S/C16H27NO2S/c1-14(2)12-17-13-15-5-4-6-16(11-15)20-10-9-19-8-7-18-3/h4-6,11,14,17H,7-10,12-13H2,1-3H3. The van der Waals surface area contributed by atoms with Gasteiger partial charge in [0.15, 0.2) is 0 Å². The monoisotopic (exact) mass is 297 g/mol. The smallest absolute Gasteiger partial charge is 0.0700 e. The predicted molar refractivity (Wildman–Crippen MR) is 86.4 cm³/mol. The topological polar surface area (TPSA) is 30.5 Å². The Morgan fingerprint density at radius 1 is 1.20 bits per heavy atom. The highest BCUT2D eigenvalue weighted by molar-refractivity contribution is 7.99. The van der Waals surface area contributed by atoms with Crippen LogP contribution in [-0.4, -0.2) is 39.2 Å². The molecule has 0 aliphatic rings. The fourth-order valence-corrected chi connectivity index (χ4v) is 2.56. The van der Waals surface area contributed by atoms with E-state index in [1.54, 1.807) is 7.11 Å². The molecule has 1 aromatic rings. The highest BCUT2D eigenvalue weighted by Gasteiger charge is 1.99. The van der Waals surface area contributed by atoms with Crippen molar-refractivity contribution in [3.63, 3.8) is 0 Å². The van der Waals surface area contributed by atoms with Crippen LogP contribution in [0.3, 0.4) is 0 Å². The first-order chi connectivity index (χ1) is 9.72. The van der Waals surface area contributed by atoms with Crippen molar-refractivity contribution in [2.45, 2.75) is 25.3 Å². The maximum atomic E-state index is 5.46. The third-order valence-electron chi connectivity index (χ3n) is 2.71. The molecule has 3 nitrogen and oxygen atoms in total. The van der Waals surface area contributed by atoms with Gasteiger partial charge in [-0.3, -0.25) is 0 Å². The number of nitrogens with one attached hydrogen (secondary N) is 1. The molecule has 114 valence electrons. The molecule has 0 fully saturated rings. The highest BCUT2D eigenvalue weighted by Crippen LogP contribution is 2.19. The summed E-state index contributed by atoms with van der Waals surface area (Å²) in [6.45, 7) is 8.56. The van der Waals surface area contributed by atoms with Gasteiger partial charge in [-0.15, -0.1) is 11.8 Å². The molecule has 0 bridgehead atoms. The van der Waals surface area contributed by atoms with Gasteiger partial charge in [0.1, 0.15) is 0 Å². The maximum absolute atomic E-state index is 5.46. The normalized spacial score (nSPS) is 11.2. The van der Waals surface area contributed by atoms with Crippen molar-refractivity contribution in [1.82, 2.24) is 5.32 Å². The van der Waals surface area contributed by atoms with Crippen LogP contribution in [-0.2, 0) is 16.0 Å². The van der Waals surface area contributed by atoms with Gasteiger partial charge in [-0.2, -0.15) is 0 Å². The molecule has 0 spiro atoms. The van der Waals surface area contributed by atoms with Crippen molar-refractivity contribution in [2.24, 2.45) is 5.92 Å². The summed E-state index contributed by atoms with van der Waals surface area (Å²) < 4.78 is 10.4. The number of rotatable bonds is 11. The van der Waals surface area contributed by atoms with Gasteiger partial charge < -0.3 is 14.8 Å². The predicted octanol–water partition coefficient (Wildman–Crippen LogP) is 3.19. The first kappa shape index (κ1) is 17.5. The molecule has 0 saturated heterocycles. The largest absolute Gasteiger partial charge is 0.382 e. The average molecular weight is 297 g/mol. The fraction of sp³-hybridized carbons (Fsp3) is 0.625. The number of benzene rings is 1. The van der Waals surface area contributed by atoms with Gasteiger partial charge in [0.05, 0.1) is 19.8 Å². The summed E-state index contributed by atoms with van der Waals surface area (Å²) in [5.41, 5.74) is 1.34. The van der Waals surface area contributed by atoms with Gasteiger partial charge in [-0.25, -0.2) is 0 Å². The Bertz CT molecular complexity index is 358. The van der Waals surface area contributed by atoms with E-state index >= 15 is 0 Å². The molecule has 0 aromatic heterocycles. The molecule has 4 heteroatoms. The van der Waals surface area contributed by atoms with Crippen LogP contribution in [0.1, 0.15) is 19.4 Å². The van der Waals surface area contributed by atoms with Crippen molar-refractivity contribution in [1.29, 1.82) is 0 Å². The van der Waals surface area contributed by atoms with E-state index in [0.29, 0.717) is 19.1 Å². The second-order valence-electron chi connectivity index (χ2n) is 5.13. The molecule has 0 saturated carbocycles. The molecule has 0 radical (unpaired) electrons. The Morgan fingerprint density at radius 3 is 2.80 bits per heavy atom. The summed E-state index contributed by atoms with van der Waals surface area (Å²) in [7, 11) is 1.69. The Labute approximate surface area is 127 Å². The van der Waals surface area contributed by atoms with Crippen LogP contribution in [0.2, 0.25) is 0 Å². The fourth-order valence-electron chi connectivity index (χ4n) is 1.71. The molecule has 0 atom stereocenters. The number of ether oxygens (including phenoxy) is 2. The van der Waals surface area contributed by atoms with Gasteiger partial charge in [-0.1, -0.05) is 26.0 Å². The SMILES string of the molecule is COCCOCCSc1cccc(CNCC(C)C)c1. The second-order valence-corrected chi connectivity index (χ2v) is 6.29. The van der Waals surface area contributed by atoms with Gasteiger partial charge in [0.25, 0.3) is 0 Å². The van der Waals surface area contributed by atoms with Crippen molar-refractivity contribution >= 4 is 11.8 Å². The Morgan fingerprint density at radius 2 is 2.05 bits per heavy atom. The third-order valence-corrected chi connectivity index (χ3v) is 3.67. The molecule has 0 unspecified atom stereocenters. The van der Waals surface area contributed by atoms with E-state index in [9.17, 15) is 0 Å². The lowest BCUT2D eigenvalue weighted by atomic mass is 10.2. The molecule has 0 amide bonds. The zero-order valence-electron chi connectivity index (χ0n) is 12.9. The minimum absolute atomic E-state index is 0.668. The average Bonchev–Trinajstić information content (AvgIpc) is 2.43. The first-order valence-corrected chi connectivity index (χ1v) is 8.20. The summed E-state index contributed by atoms with van der Waals surface area (Å²) >= 11 is 1.84. The highest BCUT2D eigenvalue weighted by atomic mass is 32.2. The molecule has 20 heavy (non-hydrogen) atoms. The lowest BCUT2D eigenvalue weighted by Crippen LogP contribution is -2.18. The molecular formula is C16H27NO2S. The Balaban J connectivity index is 2.22. The summed E-state index contributed by atoms with van der Waals surface area (Å²) in [6, 6.07) is 8.71. The van der Waals surface area contributed by atoms with Crippen molar-refractivity contribution in [2.75, 3.05) is 39.2 Å². The van der Waals surface area contributed by atoms with Crippen molar-refractivity contribution in [3.8, 4) is 0 Å². The Hall–Kier alpha value is -0.550. The van der Waals surface area contributed by atoms with Crippen LogP contribution < -0.4 is 5.32 Å². The van der Waals surface area contributed by atoms with Crippen molar-refractivity contribution in [3.05, 3.63) is 29.8 Å². The minimum Gasteiger partial charge on any atom is -0.382 e. The summed E-state index contributed by atoms with van der Waals surface area (Å²) in [5, 5.41) is 3.47. The van der Waals surface area contributed by atoms with Crippen LogP contribution in [0.15, 0.2) is 29.2 Å². The minimum atomic E-state index is 0.668. The number of methoxy groups -OCH3 is 1. The van der Waals surface area contributed by atoms with E-state index in [4.69, 9.17) is 9.47 Å². The molecule has 0 aliphatic carbocycles. The lowest BCUT2D eigenvalue weighted by Gasteiger charge is -2.09. The summed E-state index contributed by atoms with van der Waals surface area (Å²) in [4.78, 5) is 1.31. The number of hydrogen-bond acceptors (Lipinski definition) is 4. The second kappa shape index (κ2) is 11.1. The molecule has 0 heterocycles. The molecule has 1 aromatic carbocycles. The summed E-state index contributed by atoms with van der Waals surface area (Å²) in [6.07, 6.45) is 0. The van der Waals surface area contributed by atoms with Crippen LogP contribution in [0.25, 0.3) is 0 Å². The van der Waals surface area contributed by atoms with Gasteiger partial charge in [0, 0.05) is 24.3 Å². The van der Waals surface area contributed by atoms with E-state index in [-0.39, 0.29) is 0 Å². The third kappa shape index (κ3) is 8.59. The molecular weight excluding hydrogens is 270 g/mol. The zero-order chi connectivity index (χ0) is 14.6. The van der Waals surface area contributed by atoms with Crippen molar-refractivity contribution < 1.29 is 9.47 Å². The summed E-state index contributed by atoms with van der Waals surface area (Å²) in [5.74, 6) is 1.67. The number of thioether (sulfide) groups is 1. The Kier molecular flexibility index (Phi) is 9.75. The molecule has 1 rings (SSSR count). The zero-order valence-corrected chi connectivity index (χ0v) is 13.7. The maximum Gasteiger partial charge on any atom is 0.0700 e. The van der Waals surface area contributed by atoms with Crippen LogP contribution in [0, 0.1) is 5.92 Å². The van der Waals surface area contributed by atoms with Gasteiger partial charge >= 0.3 is 0 Å².